The van der Waals surface area contributed by atoms with E-state index in [9.17, 15) is 9.59 Å². The van der Waals surface area contributed by atoms with Crippen molar-refractivity contribution in [1.82, 2.24) is 5.32 Å². The summed E-state index contributed by atoms with van der Waals surface area (Å²) in [7, 11) is 1.52. The number of hydrogen-bond acceptors (Lipinski definition) is 4. The minimum absolute atomic E-state index is 0.351. The summed E-state index contributed by atoms with van der Waals surface area (Å²) in [5.41, 5.74) is 0.499. The summed E-state index contributed by atoms with van der Waals surface area (Å²) >= 11 is 0. The largest absolute Gasteiger partial charge is 0.497 e. The summed E-state index contributed by atoms with van der Waals surface area (Å²) in [5.74, 6) is 0.948. The molecule has 0 aliphatic carbocycles. The van der Waals surface area contributed by atoms with Crippen LogP contribution in [0.2, 0.25) is 0 Å². The molecule has 2 aromatic rings. The maximum Gasteiger partial charge on any atom is 0.420 e. The molecule has 0 atom stereocenters. The van der Waals surface area contributed by atoms with Crippen molar-refractivity contribution >= 4 is 17.8 Å². The third-order valence-electron chi connectivity index (χ3n) is 2.50. The molecule has 3 amide bonds. The first-order chi connectivity index (χ1) is 10.2. The van der Waals surface area contributed by atoms with Crippen LogP contribution in [0.4, 0.5) is 15.3 Å². The zero-order valence-electron chi connectivity index (χ0n) is 11.3. The molecular formula is C15H14N2O4. The van der Waals surface area contributed by atoms with Crippen LogP contribution < -0.4 is 20.1 Å². The number of anilines is 1. The molecular weight excluding hydrogens is 272 g/mol. The Labute approximate surface area is 121 Å². The van der Waals surface area contributed by atoms with Crippen molar-refractivity contribution in [2.45, 2.75) is 0 Å². The highest BCUT2D eigenvalue weighted by molar-refractivity contribution is 5.99. The molecule has 6 nitrogen and oxygen atoms in total. The molecule has 21 heavy (non-hydrogen) atoms. The van der Waals surface area contributed by atoms with Gasteiger partial charge in [0.15, 0.2) is 0 Å². The van der Waals surface area contributed by atoms with E-state index in [-0.39, 0.29) is 0 Å². The number of hydrogen-bond donors (Lipinski definition) is 2. The van der Waals surface area contributed by atoms with E-state index in [1.165, 1.54) is 7.11 Å². The second-order valence-corrected chi connectivity index (χ2v) is 4.01. The summed E-state index contributed by atoms with van der Waals surface area (Å²) in [6.45, 7) is 0. The summed E-state index contributed by atoms with van der Waals surface area (Å²) < 4.78 is 9.97. The number of carbonyl (C=O) groups is 2. The predicted octanol–water partition coefficient (Wildman–Crippen LogP) is 3.02. The molecule has 0 unspecified atom stereocenters. The normalized spacial score (nSPS) is 9.57. The van der Waals surface area contributed by atoms with E-state index in [1.54, 1.807) is 54.6 Å². The van der Waals surface area contributed by atoms with Crippen LogP contribution in [0.3, 0.4) is 0 Å². The minimum Gasteiger partial charge on any atom is -0.497 e. The number of rotatable bonds is 3. The molecule has 0 fully saturated rings. The van der Waals surface area contributed by atoms with E-state index in [4.69, 9.17) is 9.47 Å². The molecule has 0 aliphatic rings. The molecule has 0 aliphatic heterocycles. The van der Waals surface area contributed by atoms with Crippen LogP contribution in [-0.4, -0.2) is 19.2 Å². The van der Waals surface area contributed by atoms with Crippen molar-refractivity contribution in [2.24, 2.45) is 0 Å². The van der Waals surface area contributed by atoms with Gasteiger partial charge in [0.05, 0.1) is 7.11 Å². The zero-order chi connectivity index (χ0) is 15.1. The third kappa shape index (κ3) is 4.54. The molecule has 0 spiro atoms. The van der Waals surface area contributed by atoms with Gasteiger partial charge < -0.3 is 14.8 Å². The van der Waals surface area contributed by atoms with Gasteiger partial charge in [-0.2, -0.15) is 0 Å². The third-order valence-corrected chi connectivity index (χ3v) is 2.50. The molecule has 0 aromatic heterocycles. The SMILES string of the molecule is COc1cccc(NC(=O)NC(=O)Oc2ccccc2)c1. The fraction of sp³-hybridized carbons (Fsp3) is 0.0667. The first-order valence-corrected chi connectivity index (χ1v) is 6.16. The Bertz CT molecular complexity index is 629. The zero-order valence-corrected chi connectivity index (χ0v) is 11.3. The van der Waals surface area contributed by atoms with Crippen LogP contribution in [0.1, 0.15) is 0 Å². The molecule has 2 aromatic carbocycles. The van der Waals surface area contributed by atoms with Crippen LogP contribution in [0, 0.1) is 0 Å². The Kier molecular flexibility index (Phi) is 4.76. The number of para-hydroxylation sites is 1. The monoisotopic (exact) mass is 286 g/mol. The van der Waals surface area contributed by atoms with E-state index >= 15 is 0 Å². The van der Waals surface area contributed by atoms with Gasteiger partial charge in [0, 0.05) is 11.8 Å². The number of benzene rings is 2. The molecule has 0 saturated carbocycles. The molecule has 6 heteroatoms. The highest BCUT2D eigenvalue weighted by atomic mass is 16.6. The first kappa shape index (κ1) is 14.4. The Balaban J connectivity index is 1.87. The van der Waals surface area contributed by atoms with Gasteiger partial charge in [0.1, 0.15) is 11.5 Å². The van der Waals surface area contributed by atoms with Gasteiger partial charge in [-0.05, 0) is 24.3 Å². The van der Waals surface area contributed by atoms with Crippen molar-refractivity contribution in [3.8, 4) is 11.5 Å². The Morgan fingerprint density at radius 3 is 2.38 bits per heavy atom. The van der Waals surface area contributed by atoms with Crippen LogP contribution in [0.15, 0.2) is 54.6 Å². The highest BCUT2D eigenvalue weighted by Gasteiger charge is 2.10. The van der Waals surface area contributed by atoms with E-state index in [1.807, 2.05) is 0 Å². The summed E-state index contributed by atoms with van der Waals surface area (Å²) in [6.07, 6.45) is -0.860. The lowest BCUT2D eigenvalue weighted by Crippen LogP contribution is -2.36. The summed E-state index contributed by atoms with van der Waals surface area (Å²) in [5, 5.41) is 4.56. The Morgan fingerprint density at radius 1 is 0.952 bits per heavy atom. The number of urea groups is 1. The summed E-state index contributed by atoms with van der Waals surface area (Å²) in [4.78, 5) is 23.2. The van der Waals surface area contributed by atoms with Crippen molar-refractivity contribution in [2.75, 3.05) is 12.4 Å². The minimum atomic E-state index is -0.860. The fourth-order valence-corrected chi connectivity index (χ4v) is 1.58. The molecule has 0 bridgehead atoms. The number of methoxy groups -OCH3 is 1. The van der Waals surface area contributed by atoms with Crippen LogP contribution in [0.25, 0.3) is 0 Å². The molecule has 0 radical (unpaired) electrons. The van der Waals surface area contributed by atoms with Gasteiger partial charge in [-0.25, -0.2) is 14.9 Å². The van der Waals surface area contributed by atoms with E-state index in [0.717, 1.165) is 0 Å². The second-order valence-electron chi connectivity index (χ2n) is 4.01. The Hall–Kier alpha value is -3.02. The number of nitrogens with one attached hydrogen (secondary N) is 2. The lowest BCUT2D eigenvalue weighted by atomic mass is 10.3. The van der Waals surface area contributed by atoms with Crippen molar-refractivity contribution in [1.29, 1.82) is 0 Å². The summed E-state index contributed by atoms with van der Waals surface area (Å²) in [6, 6.07) is 14.5. The van der Waals surface area contributed by atoms with Gasteiger partial charge in [-0.15, -0.1) is 0 Å². The van der Waals surface area contributed by atoms with E-state index in [0.29, 0.717) is 17.2 Å². The van der Waals surface area contributed by atoms with Gasteiger partial charge in [-0.1, -0.05) is 24.3 Å². The topological polar surface area (TPSA) is 76.7 Å². The molecule has 0 heterocycles. The smallest absolute Gasteiger partial charge is 0.420 e. The van der Waals surface area contributed by atoms with Crippen molar-refractivity contribution < 1.29 is 19.1 Å². The van der Waals surface area contributed by atoms with Crippen LogP contribution in [0.5, 0.6) is 11.5 Å². The van der Waals surface area contributed by atoms with Gasteiger partial charge in [0.2, 0.25) is 0 Å². The highest BCUT2D eigenvalue weighted by Crippen LogP contribution is 2.16. The number of carbonyl (C=O) groups excluding carboxylic acids is 2. The molecule has 108 valence electrons. The van der Waals surface area contributed by atoms with Gasteiger partial charge in [-0.3, -0.25) is 0 Å². The number of amides is 3. The van der Waals surface area contributed by atoms with Crippen LogP contribution in [-0.2, 0) is 0 Å². The second kappa shape index (κ2) is 6.95. The molecule has 0 saturated heterocycles. The number of imide groups is 1. The maximum atomic E-state index is 11.6. The molecule has 2 N–H and O–H groups in total. The van der Waals surface area contributed by atoms with Crippen LogP contribution >= 0.6 is 0 Å². The van der Waals surface area contributed by atoms with Crippen molar-refractivity contribution in [3.05, 3.63) is 54.6 Å². The predicted molar refractivity (Wildman–Crippen MR) is 77.6 cm³/mol. The van der Waals surface area contributed by atoms with Gasteiger partial charge >= 0.3 is 12.1 Å². The van der Waals surface area contributed by atoms with E-state index < -0.39 is 12.1 Å². The maximum absolute atomic E-state index is 11.6. The average Bonchev–Trinajstić information content (AvgIpc) is 2.48. The molecule has 2 rings (SSSR count). The quantitative estimate of drug-likeness (QED) is 0.909. The average molecular weight is 286 g/mol. The van der Waals surface area contributed by atoms with Gasteiger partial charge in [0.25, 0.3) is 0 Å². The lowest BCUT2D eigenvalue weighted by Gasteiger charge is -2.08. The number of ether oxygens (including phenoxy) is 2. The fourth-order valence-electron chi connectivity index (χ4n) is 1.58. The standard InChI is InChI=1S/C15H14N2O4/c1-20-13-9-5-6-11(10-13)16-14(18)17-15(19)21-12-7-3-2-4-8-12/h2-10H,1H3,(H2,16,17,18,19). The van der Waals surface area contributed by atoms with E-state index in [2.05, 4.69) is 10.6 Å². The lowest BCUT2D eigenvalue weighted by molar-refractivity contribution is 0.199. The Morgan fingerprint density at radius 2 is 1.67 bits per heavy atom. The first-order valence-electron chi connectivity index (χ1n) is 6.16. The van der Waals surface area contributed by atoms with Crippen molar-refractivity contribution in [3.63, 3.8) is 0 Å².